The van der Waals surface area contributed by atoms with Crippen LogP contribution in [0.4, 0.5) is 4.39 Å². The Morgan fingerprint density at radius 3 is 2.50 bits per heavy atom. The minimum Gasteiger partial charge on any atom is -0.396 e. The fourth-order valence-corrected chi connectivity index (χ4v) is 3.97. The van der Waals surface area contributed by atoms with Crippen molar-refractivity contribution in [2.45, 2.75) is 50.7 Å². The van der Waals surface area contributed by atoms with E-state index in [1.165, 1.54) is 37.8 Å². The van der Waals surface area contributed by atoms with Gasteiger partial charge >= 0.3 is 0 Å². The highest BCUT2D eigenvalue weighted by atomic mass is 19.1. The number of aliphatic hydroxyl groups is 1. The monoisotopic (exact) mass is 306 g/mol. The first-order valence-electron chi connectivity index (χ1n) is 8.59. The molecular weight excluding hydrogens is 279 g/mol. The molecule has 0 aromatic heterocycles. The third-order valence-electron chi connectivity index (χ3n) is 5.24. The largest absolute Gasteiger partial charge is 0.396 e. The van der Waals surface area contributed by atoms with Gasteiger partial charge in [-0.1, -0.05) is 25.0 Å². The molecule has 2 fully saturated rings. The van der Waals surface area contributed by atoms with Crippen LogP contribution in [0, 0.1) is 5.82 Å². The number of hydrogen-bond acceptors (Lipinski definition) is 3. The lowest BCUT2D eigenvalue weighted by atomic mass is 10.0. The van der Waals surface area contributed by atoms with Crippen molar-refractivity contribution in [1.82, 2.24) is 9.80 Å². The van der Waals surface area contributed by atoms with E-state index < -0.39 is 0 Å². The molecule has 3 nitrogen and oxygen atoms in total. The Bertz CT molecular complexity index is 459. The normalized spacial score (nSPS) is 24.9. The Labute approximate surface area is 132 Å². The quantitative estimate of drug-likeness (QED) is 0.906. The highest BCUT2D eigenvalue weighted by molar-refractivity contribution is 5.16. The molecule has 0 radical (unpaired) electrons. The molecular formula is C18H27FN2O. The number of hydrogen-bond donors (Lipinski definition) is 1. The van der Waals surface area contributed by atoms with Crippen LogP contribution >= 0.6 is 0 Å². The molecule has 3 rings (SSSR count). The number of benzene rings is 1. The lowest BCUT2D eigenvalue weighted by Gasteiger charge is -2.44. The van der Waals surface area contributed by atoms with E-state index in [-0.39, 0.29) is 12.4 Å². The summed E-state index contributed by atoms with van der Waals surface area (Å²) in [6, 6.07) is 7.97. The van der Waals surface area contributed by atoms with Crippen molar-refractivity contribution in [3.05, 3.63) is 35.6 Å². The molecule has 1 aromatic carbocycles. The van der Waals surface area contributed by atoms with Crippen LogP contribution in [0.1, 0.15) is 37.7 Å². The summed E-state index contributed by atoms with van der Waals surface area (Å²) in [7, 11) is 0. The predicted octanol–water partition coefficient (Wildman–Crippen LogP) is 2.64. The van der Waals surface area contributed by atoms with Gasteiger partial charge in [-0.15, -0.1) is 0 Å². The molecule has 1 atom stereocenters. The lowest BCUT2D eigenvalue weighted by molar-refractivity contribution is 0.0326. The van der Waals surface area contributed by atoms with Gasteiger partial charge in [-0.25, -0.2) is 4.39 Å². The summed E-state index contributed by atoms with van der Waals surface area (Å²) < 4.78 is 13.0. The lowest BCUT2D eigenvalue weighted by Crippen LogP contribution is -2.55. The zero-order valence-corrected chi connectivity index (χ0v) is 13.3. The summed E-state index contributed by atoms with van der Waals surface area (Å²) in [6.45, 7) is 4.31. The van der Waals surface area contributed by atoms with E-state index in [1.807, 2.05) is 12.1 Å². The van der Waals surface area contributed by atoms with Crippen LogP contribution in [-0.2, 0) is 6.54 Å². The molecule has 122 valence electrons. The summed E-state index contributed by atoms with van der Waals surface area (Å²) in [5.41, 5.74) is 1.15. The van der Waals surface area contributed by atoms with Crippen LogP contribution in [0.2, 0.25) is 0 Å². The number of rotatable bonds is 5. The number of halogens is 1. The molecule has 1 N–H and O–H groups in total. The van der Waals surface area contributed by atoms with Crippen molar-refractivity contribution < 1.29 is 9.50 Å². The third-order valence-corrected chi connectivity index (χ3v) is 5.24. The first-order valence-corrected chi connectivity index (χ1v) is 8.59. The van der Waals surface area contributed by atoms with E-state index in [9.17, 15) is 9.50 Å². The molecule has 1 aliphatic heterocycles. The first kappa shape index (κ1) is 15.9. The second-order valence-electron chi connectivity index (χ2n) is 6.70. The molecule has 22 heavy (non-hydrogen) atoms. The van der Waals surface area contributed by atoms with Gasteiger partial charge in [0.2, 0.25) is 0 Å². The second-order valence-corrected chi connectivity index (χ2v) is 6.70. The zero-order valence-electron chi connectivity index (χ0n) is 13.3. The molecule has 4 heteroatoms. The highest BCUT2D eigenvalue weighted by Crippen LogP contribution is 2.27. The molecule has 0 amide bonds. The standard InChI is InChI=1S/C18H27FN2O/c19-16-7-5-15(6-8-16)13-20-10-11-21(14-18(20)9-12-22)17-3-1-2-4-17/h5-8,17-18,22H,1-4,9-14H2/t18-/m1/s1. The number of nitrogens with zero attached hydrogens (tertiary/aromatic N) is 2. The molecule has 1 heterocycles. The van der Waals surface area contributed by atoms with Crippen molar-refractivity contribution >= 4 is 0 Å². The smallest absolute Gasteiger partial charge is 0.123 e. The van der Waals surface area contributed by atoms with E-state index in [2.05, 4.69) is 9.80 Å². The van der Waals surface area contributed by atoms with Crippen LogP contribution in [0.5, 0.6) is 0 Å². The molecule has 0 spiro atoms. The molecule has 1 saturated heterocycles. The highest BCUT2D eigenvalue weighted by Gasteiger charge is 2.31. The van der Waals surface area contributed by atoms with Gasteiger partial charge in [0, 0.05) is 44.9 Å². The van der Waals surface area contributed by atoms with E-state index in [0.717, 1.165) is 44.2 Å². The van der Waals surface area contributed by atoms with Crippen LogP contribution in [0.15, 0.2) is 24.3 Å². The van der Waals surface area contributed by atoms with Crippen molar-refractivity contribution in [3.63, 3.8) is 0 Å². The van der Waals surface area contributed by atoms with E-state index in [0.29, 0.717) is 6.04 Å². The van der Waals surface area contributed by atoms with Crippen LogP contribution in [0.3, 0.4) is 0 Å². The fourth-order valence-electron chi connectivity index (χ4n) is 3.97. The number of aliphatic hydroxyl groups excluding tert-OH is 1. The van der Waals surface area contributed by atoms with Crippen LogP contribution < -0.4 is 0 Å². The maximum absolute atomic E-state index is 13.0. The summed E-state index contributed by atoms with van der Waals surface area (Å²) in [4.78, 5) is 5.09. The summed E-state index contributed by atoms with van der Waals surface area (Å²) in [5, 5.41) is 9.40. The summed E-state index contributed by atoms with van der Waals surface area (Å²) in [6.07, 6.45) is 6.23. The molecule has 1 saturated carbocycles. The maximum atomic E-state index is 13.0. The van der Waals surface area contributed by atoms with Crippen molar-refractivity contribution in [3.8, 4) is 0 Å². The molecule has 2 aliphatic rings. The van der Waals surface area contributed by atoms with Gasteiger partial charge < -0.3 is 5.11 Å². The summed E-state index contributed by atoms with van der Waals surface area (Å²) in [5.74, 6) is -0.179. The topological polar surface area (TPSA) is 26.7 Å². The minimum absolute atomic E-state index is 0.179. The minimum atomic E-state index is -0.179. The fraction of sp³-hybridized carbons (Fsp3) is 0.667. The van der Waals surface area contributed by atoms with Crippen molar-refractivity contribution in [2.75, 3.05) is 26.2 Å². The Morgan fingerprint density at radius 2 is 1.82 bits per heavy atom. The average Bonchev–Trinajstić information content (AvgIpc) is 3.06. The third kappa shape index (κ3) is 3.86. The average molecular weight is 306 g/mol. The van der Waals surface area contributed by atoms with Gasteiger partial charge in [-0.3, -0.25) is 9.80 Å². The molecule has 0 bridgehead atoms. The van der Waals surface area contributed by atoms with Crippen molar-refractivity contribution in [2.24, 2.45) is 0 Å². The Morgan fingerprint density at radius 1 is 1.09 bits per heavy atom. The van der Waals surface area contributed by atoms with Gasteiger partial charge in [0.1, 0.15) is 5.82 Å². The zero-order chi connectivity index (χ0) is 15.4. The number of piperazine rings is 1. The SMILES string of the molecule is OCC[C@@H]1CN(C2CCCC2)CCN1Cc1ccc(F)cc1. The summed E-state index contributed by atoms with van der Waals surface area (Å²) >= 11 is 0. The maximum Gasteiger partial charge on any atom is 0.123 e. The Kier molecular flexibility index (Phi) is 5.45. The van der Waals surface area contributed by atoms with Gasteiger partial charge in [-0.2, -0.15) is 0 Å². The second kappa shape index (κ2) is 7.53. The molecule has 1 aliphatic carbocycles. The first-order chi connectivity index (χ1) is 10.8. The predicted molar refractivity (Wildman–Crippen MR) is 86.1 cm³/mol. The Hall–Kier alpha value is -0.970. The van der Waals surface area contributed by atoms with Crippen LogP contribution in [-0.4, -0.2) is 53.2 Å². The van der Waals surface area contributed by atoms with Gasteiger partial charge in [-0.05, 0) is 37.0 Å². The van der Waals surface area contributed by atoms with E-state index >= 15 is 0 Å². The molecule has 0 unspecified atom stereocenters. The van der Waals surface area contributed by atoms with Gasteiger partial charge in [0.25, 0.3) is 0 Å². The van der Waals surface area contributed by atoms with E-state index in [1.54, 1.807) is 0 Å². The van der Waals surface area contributed by atoms with Gasteiger partial charge in [0.15, 0.2) is 0 Å². The Balaban J connectivity index is 1.62. The van der Waals surface area contributed by atoms with Crippen LogP contribution in [0.25, 0.3) is 0 Å². The molecule has 1 aromatic rings. The van der Waals surface area contributed by atoms with Crippen molar-refractivity contribution in [1.29, 1.82) is 0 Å². The van der Waals surface area contributed by atoms with E-state index in [4.69, 9.17) is 0 Å². The van der Waals surface area contributed by atoms with Gasteiger partial charge in [0.05, 0.1) is 0 Å².